The second-order valence-electron chi connectivity index (χ2n) is 8.88. The van der Waals surface area contributed by atoms with E-state index < -0.39 is 12.4 Å². The number of hydrogen-bond donors (Lipinski definition) is 2. The van der Waals surface area contributed by atoms with Gasteiger partial charge in [-0.2, -0.15) is 0 Å². The van der Waals surface area contributed by atoms with Crippen molar-refractivity contribution in [3.05, 3.63) is 90.3 Å². The zero-order chi connectivity index (χ0) is 22.6. The van der Waals surface area contributed by atoms with Crippen LogP contribution in [0.15, 0.2) is 79.0 Å². The van der Waals surface area contributed by atoms with Crippen LogP contribution in [0.2, 0.25) is 0 Å². The third-order valence-electron chi connectivity index (χ3n) is 6.69. The zero-order valence-electron chi connectivity index (χ0n) is 18.9. The minimum Gasteiger partial charge on any atom is -0.390 e. The van der Waals surface area contributed by atoms with Gasteiger partial charge in [0.2, 0.25) is 0 Å². The summed E-state index contributed by atoms with van der Waals surface area (Å²) >= 11 is 0. The van der Waals surface area contributed by atoms with Crippen LogP contribution in [0, 0.1) is 0 Å². The Morgan fingerprint density at radius 2 is 1.76 bits per heavy atom. The van der Waals surface area contributed by atoms with E-state index in [0.717, 1.165) is 18.7 Å². The number of rotatable bonds is 8. The first-order valence-corrected chi connectivity index (χ1v) is 11.6. The number of nitrogens with zero attached hydrogens (tertiary/aromatic N) is 2. The van der Waals surface area contributed by atoms with Crippen molar-refractivity contribution in [2.45, 2.75) is 43.5 Å². The van der Waals surface area contributed by atoms with Crippen LogP contribution in [0.4, 0.5) is 0 Å². The lowest BCUT2D eigenvalue weighted by Crippen LogP contribution is -2.63. The van der Waals surface area contributed by atoms with Gasteiger partial charge in [0.05, 0.1) is 24.8 Å². The fourth-order valence-electron chi connectivity index (χ4n) is 4.79. The van der Waals surface area contributed by atoms with Crippen molar-refractivity contribution in [1.29, 1.82) is 0 Å². The molecule has 0 saturated carbocycles. The third kappa shape index (κ3) is 5.00. The Balaban J connectivity index is 1.21. The van der Waals surface area contributed by atoms with Crippen molar-refractivity contribution >= 4 is 0 Å². The van der Waals surface area contributed by atoms with E-state index in [-0.39, 0.29) is 18.2 Å². The summed E-state index contributed by atoms with van der Waals surface area (Å²) in [4.78, 5) is 6.54. The predicted octanol–water partition coefficient (Wildman–Crippen LogP) is 2.87. The quantitative estimate of drug-likeness (QED) is 0.556. The maximum Gasteiger partial charge on any atom is 0.176 e. The summed E-state index contributed by atoms with van der Waals surface area (Å²) < 4.78 is 12.0. The highest BCUT2D eigenvalue weighted by Crippen LogP contribution is 2.31. The standard InChI is InChI=1S/C27H31N3O3/c1-30(16-14-22-9-5-6-15-28-22)25-26(31)24(23-18-32-27(25)33-23)29-17-19-10-12-21(13-11-19)20-7-3-2-4-8-20/h2-13,15,23-27,29,31H,14,16-18H2,1H3. The second kappa shape index (κ2) is 10.1. The number of aliphatic hydroxyl groups is 1. The highest BCUT2D eigenvalue weighted by molar-refractivity contribution is 5.63. The molecule has 3 heterocycles. The molecule has 5 rings (SSSR count). The monoisotopic (exact) mass is 445 g/mol. The van der Waals surface area contributed by atoms with Gasteiger partial charge >= 0.3 is 0 Å². The van der Waals surface area contributed by atoms with Gasteiger partial charge in [0.25, 0.3) is 0 Å². The van der Waals surface area contributed by atoms with Gasteiger partial charge in [-0.05, 0) is 35.9 Å². The Hall–Kier alpha value is -2.61. The minimum absolute atomic E-state index is 0.144. The number of pyridine rings is 1. The fourth-order valence-corrected chi connectivity index (χ4v) is 4.79. The Bertz CT molecular complexity index is 1020. The lowest BCUT2D eigenvalue weighted by atomic mass is 9.94. The SMILES string of the molecule is CN(CCc1ccccn1)C1C2OCC(O2)C(NCc2ccc(-c3ccccc3)cc2)C1O. The molecule has 1 aromatic heterocycles. The minimum atomic E-state index is -0.589. The molecule has 33 heavy (non-hydrogen) atoms. The molecule has 2 saturated heterocycles. The molecular weight excluding hydrogens is 414 g/mol. The van der Waals surface area contributed by atoms with Crippen LogP contribution in [0.25, 0.3) is 11.1 Å². The summed E-state index contributed by atoms with van der Waals surface area (Å²) in [6.07, 6.45) is 1.48. The maximum atomic E-state index is 11.3. The summed E-state index contributed by atoms with van der Waals surface area (Å²) in [5.41, 5.74) is 4.61. The number of ether oxygens (including phenoxy) is 2. The van der Waals surface area contributed by atoms with Crippen LogP contribution in [-0.4, -0.2) is 65.8 Å². The van der Waals surface area contributed by atoms with Crippen molar-refractivity contribution < 1.29 is 14.6 Å². The molecule has 2 aromatic carbocycles. The van der Waals surface area contributed by atoms with E-state index in [4.69, 9.17) is 9.47 Å². The molecule has 2 N–H and O–H groups in total. The van der Waals surface area contributed by atoms with Crippen molar-refractivity contribution in [3.63, 3.8) is 0 Å². The Morgan fingerprint density at radius 3 is 2.52 bits per heavy atom. The Kier molecular flexibility index (Phi) is 6.80. The Morgan fingerprint density at radius 1 is 1.00 bits per heavy atom. The fraction of sp³-hybridized carbons (Fsp3) is 0.370. The van der Waals surface area contributed by atoms with E-state index in [1.165, 1.54) is 16.7 Å². The summed E-state index contributed by atoms with van der Waals surface area (Å²) in [6, 6.07) is 24.4. The first-order chi connectivity index (χ1) is 16.2. The van der Waals surface area contributed by atoms with E-state index >= 15 is 0 Å². The molecule has 2 fully saturated rings. The predicted molar refractivity (Wildman–Crippen MR) is 127 cm³/mol. The van der Waals surface area contributed by atoms with Gasteiger partial charge in [-0.25, -0.2) is 0 Å². The van der Waals surface area contributed by atoms with Crippen molar-refractivity contribution in [3.8, 4) is 11.1 Å². The molecule has 172 valence electrons. The highest BCUT2D eigenvalue weighted by atomic mass is 16.7. The van der Waals surface area contributed by atoms with Gasteiger partial charge in [0, 0.05) is 31.4 Å². The number of hydrogen-bond acceptors (Lipinski definition) is 6. The van der Waals surface area contributed by atoms with Crippen molar-refractivity contribution in [2.24, 2.45) is 0 Å². The van der Waals surface area contributed by atoms with Gasteiger partial charge in [0.15, 0.2) is 6.29 Å². The van der Waals surface area contributed by atoms with Crippen LogP contribution in [-0.2, 0) is 22.4 Å². The second-order valence-corrected chi connectivity index (χ2v) is 8.88. The number of nitrogens with one attached hydrogen (secondary N) is 1. The molecule has 0 aliphatic carbocycles. The molecule has 0 spiro atoms. The largest absolute Gasteiger partial charge is 0.390 e. The summed E-state index contributed by atoms with van der Waals surface area (Å²) in [7, 11) is 2.02. The smallest absolute Gasteiger partial charge is 0.176 e. The molecule has 5 unspecified atom stereocenters. The number of aromatic nitrogens is 1. The van der Waals surface area contributed by atoms with Crippen LogP contribution < -0.4 is 5.32 Å². The number of likely N-dealkylation sites (N-methyl/N-ethyl adjacent to an activating group) is 1. The molecule has 6 heteroatoms. The van der Waals surface area contributed by atoms with Gasteiger partial charge in [-0.1, -0.05) is 60.7 Å². The van der Waals surface area contributed by atoms with E-state index in [2.05, 4.69) is 63.7 Å². The summed E-state index contributed by atoms with van der Waals surface area (Å²) in [6.45, 7) is 1.92. The van der Waals surface area contributed by atoms with Gasteiger partial charge in [-0.15, -0.1) is 0 Å². The highest BCUT2D eigenvalue weighted by Gasteiger charge is 2.51. The molecule has 6 nitrogen and oxygen atoms in total. The molecular formula is C27H31N3O3. The lowest BCUT2D eigenvalue weighted by Gasteiger charge is -2.42. The normalized spacial score (nSPS) is 26.6. The molecule has 3 aromatic rings. The first kappa shape index (κ1) is 22.2. The summed E-state index contributed by atoms with van der Waals surface area (Å²) in [5.74, 6) is 0. The van der Waals surface area contributed by atoms with Crippen molar-refractivity contribution in [2.75, 3.05) is 20.2 Å². The van der Waals surface area contributed by atoms with Crippen LogP contribution in [0.3, 0.4) is 0 Å². The van der Waals surface area contributed by atoms with E-state index in [1.54, 1.807) is 0 Å². The van der Waals surface area contributed by atoms with Gasteiger partial charge in [0.1, 0.15) is 6.10 Å². The van der Waals surface area contributed by atoms with Crippen LogP contribution >= 0.6 is 0 Å². The van der Waals surface area contributed by atoms with Crippen molar-refractivity contribution in [1.82, 2.24) is 15.2 Å². The molecule has 5 atom stereocenters. The topological polar surface area (TPSA) is 66.9 Å². The average molecular weight is 446 g/mol. The van der Waals surface area contributed by atoms with Crippen LogP contribution in [0.5, 0.6) is 0 Å². The van der Waals surface area contributed by atoms with Crippen LogP contribution in [0.1, 0.15) is 11.3 Å². The first-order valence-electron chi connectivity index (χ1n) is 11.6. The molecule has 0 amide bonds. The molecule has 2 aliphatic heterocycles. The van der Waals surface area contributed by atoms with E-state index in [9.17, 15) is 5.11 Å². The van der Waals surface area contributed by atoms with E-state index in [0.29, 0.717) is 13.2 Å². The number of benzene rings is 2. The molecule has 2 aliphatic rings. The third-order valence-corrected chi connectivity index (χ3v) is 6.69. The number of fused-ring (bicyclic) bond motifs is 2. The summed E-state index contributed by atoms with van der Waals surface area (Å²) in [5, 5.41) is 14.8. The van der Waals surface area contributed by atoms with Gasteiger partial charge < -0.3 is 19.9 Å². The van der Waals surface area contributed by atoms with E-state index in [1.807, 2.05) is 37.5 Å². The lowest BCUT2D eigenvalue weighted by molar-refractivity contribution is -0.178. The maximum absolute atomic E-state index is 11.3. The average Bonchev–Trinajstić information content (AvgIpc) is 3.29. The number of aliphatic hydroxyl groups excluding tert-OH is 1. The molecule has 0 radical (unpaired) electrons. The zero-order valence-corrected chi connectivity index (χ0v) is 18.9. The molecule has 2 bridgehead atoms. The van der Waals surface area contributed by atoms with Gasteiger partial charge in [-0.3, -0.25) is 9.88 Å². The Labute approximate surface area is 195 Å².